The van der Waals surface area contributed by atoms with Crippen molar-refractivity contribution in [3.63, 3.8) is 0 Å². The number of rotatable bonds is 4. The van der Waals surface area contributed by atoms with E-state index in [-0.39, 0.29) is 46.1 Å². The average Bonchev–Trinajstić information content (AvgIpc) is 2.39. The molecular formula is C13H17NNaO4S. The van der Waals surface area contributed by atoms with Crippen LogP contribution in [0.2, 0.25) is 0 Å². The average molecular weight is 306 g/mol. The fraction of sp³-hybridized carbons (Fsp3) is 0.462. The molecule has 1 saturated carbocycles. The van der Waals surface area contributed by atoms with Crippen molar-refractivity contribution >= 4 is 45.5 Å². The monoisotopic (exact) mass is 306 g/mol. The molecule has 0 saturated heterocycles. The molecule has 1 aromatic rings. The van der Waals surface area contributed by atoms with Gasteiger partial charge in [0.25, 0.3) is 0 Å². The summed E-state index contributed by atoms with van der Waals surface area (Å²) in [6.45, 7) is 0. The summed E-state index contributed by atoms with van der Waals surface area (Å²) in [5.74, 6) is -1.07. The topological polar surface area (TPSA) is 83.5 Å². The van der Waals surface area contributed by atoms with Gasteiger partial charge in [0.2, 0.25) is 10.0 Å². The Bertz CT molecular complexity index is 550. The molecule has 0 atom stereocenters. The minimum atomic E-state index is -3.55. The van der Waals surface area contributed by atoms with Crippen LogP contribution in [0.25, 0.3) is 0 Å². The number of hydrogen-bond donors (Lipinski definition) is 2. The van der Waals surface area contributed by atoms with Crippen molar-refractivity contribution in [2.75, 3.05) is 0 Å². The third-order valence-corrected chi connectivity index (χ3v) is 4.87. The molecule has 5 nitrogen and oxygen atoms in total. The van der Waals surface area contributed by atoms with Gasteiger partial charge in [-0.3, -0.25) is 0 Å². The third-order valence-electron chi connectivity index (χ3n) is 3.34. The number of benzene rings is 1. The first-order valence-electron chi connectivity index (χ1n) is 6.35. The second-order valence-electron chi connectivity index (χ2n) is 4.79. The molecule has 0 amide bonds. The predicted octanol–water partition coefficient (Wildman–Crippen LogP) is 1.61. The summed E-state index contributed by atoms with van der Waals surface area (Å²) in [5.41, 5.74) is 0.0802. The number of carbonyl (C=O) groups is 1. The third kappa shape index (κ3) is 4.56. The molecule has 1 radical (unpaired) electrons. The number of aromatic carboxylic acids is 1. The van der Waals surface area contributed by atoms with Gasteiger partial charge in [-0.05, 0) is 37.1 Å². The van der Waals surface area contributed by atoms with Gasteiger partial charge in [0, 0.05) is 35.6 Å². The number of nitrogens with one attached hydrogen (secondary N) is 1. The van der Waals surface area contributed by atoms with Crippen LogP contribution >= 0.6 is 0 Å². The van der Waals surface area contributed by atoms with Crippen LogP contribution in [0.3, 0.4) is 0 Å². The predicted molar refractivity (Wildman–Crippen MR) is 76.3 cm³/mol. The minimum absolute atomic E-state index is 0. The maximum atomic E-state index is 12.1. The van der Waals surface area contributed by atoms with Gasteiger partial charge in [-0.2, -0.15) is 0 Å². The van der Waals surface area contributed by atoms with Crippen LogP contribution in [-0.4, -0.2) is 55.1 Å². The second kappa shape index (κ2) is 7.56. The Labute approximate surface area is 141 Å². The Morgan fingerprint density at radius 2 is 1.65 bits per heavy atom. The van der Waals surface area contributed by atoms with Crippen molar-refractivity contribution < 1.29 is 18.3 Å². The van der Waals surface area contributed by atoms with Crippen molar-refractivity contribution in [1.29, 1.82) is 0 Å². The molecule has 20 heavy (non-hydrogen) atoms. The van der Waals surface area contributed by atoms with Gasteiger partial charge in [-0.1, -0.05) is 19.3 Å². The fourth-order valence-corrected chi connectivity index (χ4v) is 3.59. The van der Waals surface area contributed by atoms with E-state index in [4.69, 9.17) is 5.11 Å². The maximum absolute atomic E-state index is 12.1. The summed E-state index contributed by atoms with van der Waals surface area (Å²) in [6, 6.07) is 5.26. The van der Waals surface area contributed by atoms with Gasteiger partial charge < -0.3 is 5.11 Å². The zero-order valence-corrected chi connectivity index (χ0v) is 14.3. The normalized spacial score (nSPS) is 16.4. The zero-order valence-electron chi connectivity index (χ0n) is 11.5. The fourth-order valence-electron chi connectivity index (χ4n) is 2.28. The number of hydrogen-bond acceptors (Lipinski definition) is 3. The van der Waals surface area contributed by atoms with Crippen LogP contribution in [-0.2, 0) is 10.0 Å². The van der Waals surface area contributed by atoms with Gasteiger partial charge in [-0.25, -0.2) is 17.9 Å². The molecule has 2 N–H and O–H groups in total. The van der Waals surface area contributed by atoms with E-state index in [1.165, 1.54) is 24.3 Å². The van der Waals surface area contributed by atoms with E-state index in [0.717, 1.165) is 32.1 Å². The van der Waals surface area contributed by atoms with Crippen LogP contribution in [0.1, 0.15) is 42.5 Å². The minimum Gasteiger partial charge on any atom is -0.478 e. The van der Waals surface area contributed by atoms with Gasteiger partial charge >= 0.3 is 5.97 Å². The molecule has 1 aliphatic rings. The van der Waals surface area contributed by atoms with Crippen molar-refractivity contribution in [3.8, 4) is 0 Å². The van der Waals surface area contributed by atoms with E-state index in [2.05, 4.69) is 4.72 Å². The molecule has 0 unspecified atom stereocenters. The summed E-state index contributed by atoms with van der Waals surface area (Å²) >= 11 is 0. The first kappa shape index (κ1) is 17.7. The molecule has 1 aromatic carbocycles. The van der Waals surface area contributed by atoms with Crippen LogP contribution < -0.4 is 4.72 Å². The summed E-state index contributed by atoms with van der Waals surface area (Å²) in [4.78, 5) is 10.8. The second-order valence-corrected chi connectivity index (χ2v) is 6.50. The van der Waals surface area contributed by atoms with Crippen molar-refractivity contribution in [2.24, 2.45) is 0 Å². The van der Waals surface area contributed by atoms with Crippen molar-refractivity contribution in [3.05, 3.63) is 29.8 Å². The van der Waals surface area contributed by atoms with Gasteiger partial charge in [-0.15, -0.1) is 0 Å². The molecule has 0 heterocycles. The van der Waals surface area contributed by atoms with E-state index < -0.39 is 16.0 Å². The smallest absolute Gasteiger partial charge is 0.335 e. The molecule has 0 bridgehead atoms. The molecule has 0 spiro atoms. The molecule has 0 aromatic heterocycles. The van der Waals surface area contributed by atoms with E-state index in [1.807, 2.05) is 0 Å². The van der Waals surface area contributed by atoms with E-state index >= 15 is 0 Å². The van der Waals surface area contributed by atoms with Gasteiger partial charge in [0.15, 0.2) is 0 Å². The molecular weight excluding hydrogens is 289 g/mol. The Morgan fingerprint density at radius 3 is 2.15 bits per heavy atom. The SMILES string of the molecule is O=C(O)c1ccc(S(=O)(=O)NC2CCCCC2)cc1.[Na]. The Morgan fingerprint density at radius 1 is 1.10 bits per heavy atom. The molecule has 0 aliphatic heterocycles. The Hall–Kier alpha value is -0.400. The Balaban J connectivity index is 0.00000200. The summed E-state index contributed by atoms with van der Waals surface area (Å²) < 4.78 is 26.9. The number of carboxylic acid groups (broad SMARTS) is 1. The molecule has 1 fully saturated rings. The van der Waals surface area contributed by atoms with Crippen LogP contribution in [0.4, 0.5) is 0 Å². The standard InChI is InChI=1S/C13H17NO4S.Na/c15-13(16)10-6-8-12(9-7-10)19(17,18)14-11-4-2-1-3-5-11;/h6-9,11,14H,1-5H2,(H,15,16);. The largest absolute Gasteiger partial charge is 0.478 e. The van der Waals surface area contributed by atoms with Crippen LogP contribution in [0.15, 0.2) is 29.2 Å². The molecule has 105 valence electrons. The van der Waals surface area contributed by atoms with E-state index in [0.29, 0.717) is 0 Å². The summed E-state index contributed by atoms with van der Waals surface area (Å²) in [7, 11) is -3.55. The molecule has 2 rings (SSSR count). The Kier molecular flexibility index (Phi) is 6.68. The van der Waals surface area contributed by atoms with Crippen LogP contribution in [0.5, 0.6) is 0 Å². The number of carboxylic acids is 1. The van der Waals surface area contributed by atoms with E-state index in [1.54, 1.807) is 0 Å². The zero-order chi connectivity index (χ0) is 13.9. The maximum Gasteiger partial charge on any atom is 0.335 e. The molecule has 7 heteroatoms. The van der Waals surface area contributed by atoms with Gasteiger partial charge in [0.1, 0.15) is 0 Å². The van der Waals surface area contributed by atoms with E-state index in [9.17, 15) is 13.2 Å². The quantitative estimate of drug-likeness (QED) is 0.828. The first-order valence-corrected chi connectivity index (χ1v) is 7.83. The van der Waals surface area contributed by atoms with Crippen molar-refractivity contribution in [1.82, 2.24) is 4.72 Å². The van der Waals surface area contributed by atoms with Crippen LogP contribution in [0, 0.1) is 0 Å². The number of sulfonamides is 1. The summed E-state index contributed by atoms with van der Waals surface area (Å²) in [6.07, 6.45) is 4.99. The summed E-state index contributed by atoms with van der Waals surface area (Å²) in [5, 5.41) is 8.77. The molecule has 1 aliphatic carbocycles. The van der Waals surface area contributed by atoms with Gasteiger partial charge in [0.05, 0.1) is 10.5 Å². The van der Waals surface area contributed by atoms with Crippen molar-refractivity contribution in [2.45, 2.75) is 43.0 Å². The first-order chi connectivity index (χ1) is 8.99.